The first-order valence-electron chi connectivity index (χ1n) is 7.21. The molecule has 1 aromatic carbocycles. The van der Waals surface area contributed by atoms with E-state index in [1.807, 2.05) is 0 Å². The van der Waals surface area contributed by atoms with E-state index in [0.29, 0.717) is 5.56 Å². The molecule has 0 amide bonds. The highest BCUT2D eigenvalue weighted by Gasteiger charge is 2.14. The summed E-state index contributed by atoms with van der Waals surface area (Å²) < 4.78 is 0. The first-order chi connectivity index (χ1) is 10.1. The van der Waals surface area contributed by atoms with Gasteiger partial charge in [-0.2, -0.15) is 0 Å². The van der Waals surface area contributed by atoms with Gasteiger partial charge in [-0.25, -0.2) is 0 Å². The third-order valence-corrected chi connectivity index (χ3v) is 3.74. The number of nitrogens with zero attached hydrogens (tertiary/aromatic N) is 1. The highest BCUT2D eigenvalue weighted by Crippen LogP contribution is 2.24. The normalized spacial score (nSPS) is 16.3. The van der Waals surface area contributed by atoms with Gasteiger partial charge in [0.05, 0.1) is 11.0 Å². The van der Waals surface area contributed by atoms with Gasteiger partial charge in [0, 0.05) is 18.6 Å². The van der Waals surface area contributed by atoms with Crippen LogP contribution in [-0.4, -0.2) is 15.8 Å². The Kier molecular flexibility index (Phi) is 5.22. The molecule has 1 aliphatic carbocycles. The Morgan fingerprint density at radius 1 is 1.24 bits per heavy atom. The minimum atomic E-state index is -0.918. The van der Waals surface area contributed by atoms with E-state index in [4.69, 9.17) is 0 Å². The smallest absolute Gasteiger partial charge is 0.269 e. The van der Waals surface area contributed by atoms with Crippen LogP contribution in [0.2, 0.25) is 0 Å². The maximum absolute atomic E-state index is 11.9. The summed E-state index contributed by atoms with van der Waals surface area (Å²) in [4.78, 5) is 22.0. The Morgan fingerprint density at radius 2 is 1.86 bits per heavy atom. The first kappa shape index (κ1) is 15.4. The second kappa shape index (κ2) is 7.13. The summed E-state index contributed by atoms with van der Waals surface area (Å²) >= 11 is 0. The van der Waals surface area contributed by atoms with Gasteiger partial charge < -0.3 is 5.11 Å². The summed E-state index contributed by atoms with van der Waals surface area (Å²) in [5.41, 5.74) is 1.67. The average molecular weight is 289 g/mol. The van der Waals surface area contributed by atoms with Crippen molar-refractivity contribution in [1.29, 1.82) is 0 Å². The quantitative estimate of drug-likeness (QED) is 0.511. The Hall–Kier alpha value is -2.01. The van der Waals surface area contributed by atoms with E-state index in [-0.39, 0.29) is 17.9 Å². The van der Waals surface area contributed by atoms with Crippen LogP contribution >= 0.6 is 0 Å². The predicted octanol–water partition coefficient (Wildman–Crippen LogP) is 3.48. The average Bonchev–Trinajstić information content (AvgIpc) is 2.48. The summed E-state index contributed by atoms with van der Waals surface area (Å²) in [7, 11) is 0. The number of aliphatic hydroxyl groups is 1. The minimum absolute atomic E-state index is 0.0152. The SMILES string of the molecule is O=C(C=C1CCCCC1)CC(O)c1ccc([N+](=O)[O-])cc1. The number of aliphatic hydroxyl groups excluding tert-OH is 1. The van der Waals surface area contributed by atoms with E-state index in [9.17, 15) is 20.0 Å². The van der Waals surface area contributed by atoms with Crippen molar-refractivity contribution in [2.75, 3.05) is 0 Å². The summed E-state index contributed by atoms with van der Waals surface area (Å²) in [6.45, 7) is 0. The van der Waals surface area contributed by atoms with Crippen molar-refractivity contribution in [2.24, 2.45) is 0 Å². The number of carbonyl (C=O) groups excluding carboxylic acids is 1. The van der Waals surface area contributed by atoms with Gasteiger partial charge in [0.25, 0.3) is 5.69 Å². The molecule has 1 atom stereocenters. The van der Waals surface area contributed by atoms with E-state index >= 15 is 0 Å². The van der Waals surface area contributed by atoms with Crippen LogP contribution in [0.1, 0.15) is 50.2 Å². The number of hydrogen-bond donors (Lipinski definition) is 1. The van der Waals surface area contributed by atoms with Gasteiger partial charge in [-0.3, -0.25) is 14.9 Å². The topological polar surface area (TPSA) is 80.4 Å². The van der Waals surface area contributed by atoms with Crippen LogP contribution in [0.4, 0.5) is 5.69 Å². The van der Waals surface area contributed by atoms with Gasteiger partial charge in [0.2, 0.25) is 0 Å². The third kappa shape index (κ3) is 4.49. The maximum Gasteiger partial charge on any atom is 0.269 e. The Balaban J connectivity index is 1.95. The summed E-state index contributed by atoms with van der Waals surface area (Å²) in [6, 6.07) is 5.65. The molecule has 1 unspecified atom stereocenters. The van der Waals surface area contributed by atoms with E-state index < -0.39 is 11.0 Å². The lowest BCUT2D eigenvalue weighted by atomic mass is 9.93. The Labute approximate surface area is 123 Å². The Morgan fingerprint density at radius 3 is 2.43 bits per heavy atom. The number of hydrogen-bond acceptors (Lipinski definition) is 4. The second-order valence-electron chi connectivity index (χ2n) is 5.40. The largest absolute Gasteiger partial charge is 0.388 e. The van der Waals surface area contributed by atoms with Gasteiger partial charge >= 0.3 is 0 Å². The lowest BCUT2D eigenvalue weighted by molar-refractivity contribution is -0.384. The monoisotopic (exact) mass is 289 g/mol. The van der Waals surface area contributed by atoms with Crippen LogP contribution in [0.5, 0.6) is 0 Å². The molecule has 5 nitrogen and oxygen atoms in total. The number of nitro benzene ring substituents is 1. The number of benzene rings is 1. The van der Waals surface area contributed by atoms with Crippen molar-refractivity contribution >= 4 is 11.5 Å². The summed E-state index contributed by atoms with van der Waals surface area (Å²) in [6.07, 6.45) is 6.18. The molecular formula is C16H19NO4. The fourth-order valence-electron chi connectivity index (χ4n) is 2.56. The molecule has 0 spiro atoms. The van der Waals surface area contributed by atoms with Crippen molar-refractivity contribution in [3.05, 3.63) is 51.6 Å². The molecule has 0 bridgehead atoms. The second-order valence-corrected chi connectivity index (χ2v) is 5.40. The molecule has 21 heavy (non-hydrogen) atoms. The minimum Gasteiger partial charge on any atom is -0.388 e. The molecule has 0 aliphatic heterocycles. The van der Waals surface area contributed by atoms with Crippen molar-refractivity contribution in [2.45, 2.75) is 44.6 Å². The van der Waals surface area contributed by atoms with E-state index in [2.05, 4.69) is 0 Å². The number of rotatable bonds is 5. The van der Waals surface area contributed by atoms with Crippen LogP contribution in [-0.2, 0) is 4.79 Å². The Bertz CT molecular complexity index is 540. The number of nitro groups is 1. The molecule has 0 saturated heterocycles. The number of non-ortho nitro benzene ring substituents is 1. The van der Waals surface area contributed by atoms with Gasteiger partial charge in [-0.05, 0) is 49.5 Å². The molecule has 1 aromatic rings. The fourth-order valence-corrected chi connectivity index (χ4v) is 2.56. The maximum atomic E-state index is 11.9. The number of ketones is 1. The van der Waals surface area contributed by atoms with E-state index in [1.165, 1.54) is 36.3 Å². The zero-order chi connectivity index (χ0) is 15.2. The number of allylic oxidation sites excluding steroid dienone is 2. The van der Waals surface area contributed by atoms with Crippen LogP contribution in [0.15, 0.2) is 35.9 Å². The lowest BCUT2D eigenvalue weighted by Gasteiger charge is -2.14. The molecule has 0 heterocycles. The molecule has 1 saturated carbocycles. The predicted molar refractivity (Wildman–Crippen MR) is 78.8 cm³/mol. The molecule has 112 valence electrons. The lowest BCUT2D eigenvalue weighted by Crippen LogP contribution is -2.06. The van der Waals surface area contributed by atoms with Crippen molar-refractivity contribution < 1.29 is 14.8 Å². The third-order valence-electron chi connectivity index (χ3n) is 3.74. The van der Waals surface area contributed by atoms with Crippen LogP contribution in [0, 0.1) is 10.1 Å². The molecule has 0 aromatic heterocycles. The summed E-state index contributed by atoms with van der Waals surface area (Å²) in [5.74, 6) is -0.0854. The molecular weight excluding hydrogens is 270 g/mol. The van der Waals surface area contributed by atoms with Gasteiger partial charge in [-0.15, -0.1) is 0 Å². The highest BCUT2D eigenvalue weighted by atomic mass is 16.6. The van der Waals surface area contributed by atoms with Crippen LogP contribution in [0.3, 0.4) is 0 Å². The van der Waals surface area contributed by atoms with Crippen LogP contribution < -0.4 is 0 Å². The van der Waals surface area contributed by atoms with Crippen molar-refractivity contribution in [3.63, 3.8) is 0 Å². The summed E-state index contributed by atoms with van der Waals surface area (Å²) in [5, 5.41) is 20.6. The van der Waals surface area contributed by atoms with Gasteiger partial charge in [-0.1, -0.05) is 12.0 Å². The zero-order valence-electron chi connectivity index (χ0n) is 11.8. The molecule has 1 aliphatic rings. The first-order valence-corrected chi connectivity index (χ1v) is 7.21. The van der Waals surface area contributed by atoms with Crippen LogP contribution in [0.25, 0.3) is 0 Å². The highest BCUT2D eigenvalue weighted by molar-refractivity contribution is 5.90. The fraction of sp³-hybridized carbons (Fsp3) is 0.438. The molecule has 2 rings (SSSR count). The molecule has 1 N–H and O–H groups in total. The molecule has 1 fully saturated rings. The molecule has 5 heteroatoms. The molecule has 0 radical (unpaired) electrons. The standard InChI is InChI=1S/C16H19NO4/c18-15(10-12-4-2-1-3-5-12)11-16(19)13-6-8-14(9-7-13)17(20)21/h6-10,16,19H,1-5,11H2. The number of carbonyl (C=O) groups is 1. The van der Waals surface area contributed by atoms with Crippen molar-refractivity contribution in [3.8, 4) is 0 Å². The van der Waals surface area contributed by atoms with E-state index in [0.717, 1.165) is 25.7 Å². The van der Waals surface area contributed by atoms with Gasteiger partial charge in [0.1, 0.15) is 0 Å². The zero-order valence-corrected chi connectivity index (χ0v) is 11.8. The van der Waals surface area contributed by atoms with Crippen molar-refractivity contribution in [1.82, 2.24) is 0 Å². The van der Waals surface area contributed by atoms with E-state index in [1.54, 1.807) is 6.08 Å². The van der Waals surface area contributed by atoms with Gasteiger partial charge in [0.15, 0.2) is 5.78 Å².